The Morgan fingerprint density at radius 2 is 2.32 bits per heavy atom. The van der Waals surface area contributed by atoms with Gasteiger partial charge in [-0.1, -0.05) is 0 Å². The van der Waals surface area contributed by atoms with E-state index in [-0.39, 0.29) is 17.2 Å². The van der Waals surface area contributed by atoms with Crippen LogP contribution in [0.3, 0.4) is 0 Å². The van der Waals surface area contributed by atoms with Gasteiger partial charge in [0, 0.05) is 25.0 Å². The van der Waals surface area contributed by atoms with Gasteiger partial charge in [-0.25, -0.2) is 4.98 Å². The summed E-state index contributed by atoms with van der Waals surface area (Å²) in [4.78, 5) is 16.1. The predicted octanol–water partition coefficient (Wildman–Crippen LogP) is 1.09. The molecule has 1 aromatic rings. The highest BCUT2D eigenvalue weighted by atomic mass is 16.5. The van der Waals surface area contributed by atoms with E-state index in [1.54, 1.807) is 30.9 Å². The minimum absolute atomic E-state index is 0.0259. The fourth-order valence-corrected chi connectivity index (χ4v) is 2.25. The van der Waals surface area contributed by atoms with E-state index < -0.39 is 5.92 Å². The zero-order valence-electron chi connectivity index (χ0n) is 11.0. The van der Waals surface area contributed by atoms with Gasteiger partial charge >= 0.3 is 0 Å². The first-order valence-corrected chi connectivity index (χ1v) is 5.73. The van der Waals surface area contributed by atoms with Crippen molar-refractivity contribution in [3.05, 3.63) is 41.0 Å². The summed E-state index contributed by atoms with van der Waals surface area (Å²) in [6, 6.07) is 2.01. The van der Waals surface area contributed by atoms with E-state index in [1.807, 2.05) is 6.07 Å². The molecule has 0 fully saturated rings. The van der Waals surface area contributed by atoms with Gasteiger partial charge < -0.3 is 15.0 Å². The van der Waals surface area contributed by atoms with Crippen LogP contribution in [-0.2, 0) is 16.6 Å². The largest absolute Gasteiger partial charge is 0.445 e. The van der Waals surface area contributed by atoms with Crippen LogP contribution in [0.5, 0.6) is 0 Å². The molecule has 1 aromatic heterocycles. The first kappa shape index (κ1) is 12.9. The Morgan fingerprint density at radius 3 is 2.79 bits per heavy atom. The molecule has 2 heterocycles. The molecule has 1 aliphatic heterocycles. The van der Waals surface area contributed by atoms with Crippen LogP contribution in [0.2, 0.25) is 0 Å². The van der Waals surface area contributed by atoms with Crippen LogP contribution in [0.25, 0.3) is 0 Å². The molecular weight excluding hydrogens is 244 g/mol. The third-order valence-corrected chi connectivity index (χ3v) is 3.10. The molecule has 1 atom stereocenters. The summed E-state index contributed by atoms with van der Waals surface area (Å²) in [5.74, 6) is 0.296. The molecule has 19 heavy (non-hydrogen) atoms. The molecule has 0 saturated carbocycles. The summed E-state index contributed by atoms with van der Waals surface area (Å²) >= 11 is 0. The molecule has 0 aromatic carbocycles. The topological polar surface area (TPSA) is 93.9 Å². The molecule has 0 bridgehead atoms. The SMILES string of the molecule is CC(=O)C1=C(C)OC(N)=C(C#N)C1c1nccn1C. The highest BCUT2D eigenvalue weighted by molar-refractivity contribution is 5.96. The maximum atomic E-state index is 11.8. The molecule has 0 radical (unpaired) electrons. The number of nitrogens with two attached hydrogens (primary N) is 1. The van der Waals surface area contributed by atoms with Gasteiger partial charge in [0.1, 0.15) is 23.2 Å². The lowest BCUT2D eigenvalue weighted by molar-refractivity contribution is -0.114. The molecule has 6 nitrogen and oxygen atoms in total. The van der Waals surface area contributed by atoms with Crippen molar-refractivity contribution in [2.75, 3.05) is 0 Å². The minimum atomic E-state index is -0.573. The summed E-state index contributed by atoms with van der Waals surface area (Å²) < 4.78 is 7.05. The zero-order chi connectivity index (χ0) is 14.2. The number of ether oxygens (including phenoxy) is 1. The number of Topliss-reactive ketones (excluding diaryl/α,β-unsaturated/α-hetero) is 1. The molecule has 0 amide bonds. The Labute approximate surface area is 110 Å². The second kappa shape index (κ2) is 4.61. The number of nitriles is 1. The van der Waals surface area contributed by atoms with Crippen molar-refractivity contribution in [3.63, 3.8) is 0 Å². The number of imidazole rings is 1. The Morgan fingerprint density at radius 1 is 1.63 bits per heavy atom. The van der Waals surface area contributed by atoms with Gasteiger partial charge in [-0.3, -0.25) is 4.79 Å². The quantitative estimate of drug-likeness (QED) is 0.856. The Balaban J connectivity index is 2.68. The minimum Gasteiger partial charge on any atom is -0.445 e. The molecule has 2 rings (SSSR count). The first-order valence-electron chi connectivity index (χ1n) is 5.73. The summed E-state index contributed by atoms with van der Waals surface area (Å²) in [5, 5.41) is 9.27. The van der Waals surface area contributed by atoms with Gasteiger partial charge in [-0.15, -0.1) is 0 Å². The molecule has 98 valence electrons. The molecule has 1 unspecified atom stereocenters. The summed E-state index contributed by atoms with van der Waals surface area (Å²) in [7, 11) is 1.80. The lowest BCUT2D eigenvalue weighted by Gasteiger charge is -2.25. The lowest BCUT2D eigenvalue weighted by atomic mass is 9.86. The maximum Gasteiger partial charge on any atom is 0.205 e. The standard InChI is InChI=1S/C13H14N4O2/c1-7(18)10-8(2)19-12(15)9(6-14)11(10)13-16-4-5-17(13)3/h4-5,11H,15H2,1-3H3. The highest BCUT2D eigenvalue weighted by Gasteiger charge is 2.35. The van der Waals surface area contributed by atoms with E-state index in [0.29, 0.717) is 17.2 Å². The molecule has 0 aliphatic carbocycles. The van der Waals surface area contributed by atoms with E-state index in [4.69, 9.17) is 10.5 Å². The summed E-state index contributed by atoms with van der Waals surface area (Å²) in [6.07, 6.45) is 3.37. The van der Waals surface area contributed by atoms with Gasteiger partial charge in [0.2, 0.25) is 5.88 Å². The second-order valence-corrected chi connectivity index (χ2v) is 4.35. The van der Waals surface area contributed by atoms with E-state index >= 15 is 0 Å². The number of nitrogens with zero attached hydrogens (tertiary/aromatic N) is 3. The monoisotopic (exact) mass is 258 g/mol. The number of carbonyl (C=O) groups is 1. The smallest absolute Gasteiger partial charge is 0.205 e. The van der Waals surface area contributed by atoms with Crippen molar-refractivity contribution in [1.29, 1.82) is 5.26 Å². The van der Waals surface area contributed by atoms with Gasteiger partial charge in [-0.05, 0) is 13.8 Å². The zero-order valence-corrected chi connectivity index (χ0v) is 11.0. The van der Waals surface area contributed by atoms with Crippen LogP contribution in [-0.4, -0.2) is 15.3 Å². The predicted molar refractivity (Wildman–Crippen MR) is 67.2 cm³/mol. The number of allylic oxidation sites excluding steroid dienone is 3. The van der Waals surface area contributed by atoms with Gasteiger partial charge in [0.25, 0.3) is 0 Å². The van der Waals surface area contributed by atoms with Gasteiger partial charge in [-0.2, -0.15) is 5.26 Å². The van der Waals surface area contributed by atoms with Crippen LogP contribution in [0.1, 0.15) is 25.6 Å². The van der Waals surface area contributed by atoms with Gasteiger partial charge in [0.15, 0.2) is 5.78 Å². The molecule has 2 N–H and O–H groups in total. The number of hydrogen-bond acceptors (Lipinski definition) is 5. The number of carbonyl (C=O) groups excluding carboxylic acids is 1. The van der Waals surface area contributed by atoms with Crippen molar-refractivity contribution in [2.45, 2.75) is 19.8 Å². The van der Waals surface area contributed by atoms with Crippen LogP contribution in [0.4, 0.5) is 0 Å². The average Bonchev–Trinajstić information content (AvgIpc) is 2.73. The van der Waals surface area contributed by atoms with Crippen molar-refractivity contribution in [3.8, 4) is 6.07 Å². The van der Waals surface area contributed by atoms with Crippen molar-refractivity contribution >= 4 is 5.78 Å². The number of rotatable bonds is 2. The number of aromatic nitrogens is 2. The Kier molecular flexibility index (Phi) is 3.13. The van der Waals surface area contributed by atoms with Crippen molar-refractivity contribution < 1.29 is 9.53 Å². The normalized spacial score (nSPS) is 19.2. The van der Waals surface area contributed by atoms with E-state index in [1.165, 1.54) is 6.92 Å². The number of aryl methyl sites for hydroxylation is 1. The van der Waals surface area contributed by atoms with Crippen molar-refractivity contribution in [2.24, 2.45) is 12.8 Å². The average molecular weight is 258 g/mol. The lowest BCUT2D eigenvalue weighted by Crippen LogP contribution is -2.25. The molecule has 6 heteroatoms. The first-order chi connectivity index (χ1) is 8.97. The second-order valence-electron chi connectivity index (χ2n) is 4.35. The Bertz CT molecular complexity index is 646. The fourth-order valence-electron chi connectivity index (χ4n) is 2.25. The number of ketones is 1. The fraction of sp³-hybridized carbons (Fsp3) is 0.308. The Hall–Kier alpha value is -2.55. The molecular formula is C13H14N4O2. The van der Waals surface area contributed by atoms with Crippen LogP contribution < -0.4 is 5.73 Å². The van der Waals surface area contributed by atoms with Gasteiger partial charge in [0.05, 0.1) is 5.92 Å². The van der Waals surface area contributed by atoms with E-state index in [0.717, 1.165) is 0 Å². The van der Waals surface area contributed by atoms with Crippen LogP contribution in [0.15, 0.2) is 35.2 Å². The van der Waals surface area contributed by atoms with Crippen molar-refractivity contribution in [1.82, 2.24) is 9.55 Å². The molecule has 1 aliphatic rings. The third-order valence-electron chi connectivity index (χ3n) is 3.10. The summed E-state index contributed by atoms with van der Waals surface area (Å²) in [5.41, 5.74) is 6.37. The maximum absolute atomic E-state index is 11.8. The molecule has 0 spiro atoms. The number of hydrogen-bond donors (Lipinski definition) is 1. The summed E-state index contributed by atoms with van der Waals surface area (Å²) in [6.45, 7) is 3.10. The highest BCUT2D eigenvalue weighted by Crippen LogP contribution is 2.38. The third kappa shape index (κ3) is 1.99. The van der Waals surface area contributed by atoms with E-state index in [9.17, 15) is 10.1 Å². The van der Waals surface area contributed by atoms with Crippen LogP contribution >= 0.6 is 0 Å². The van der Waals surface area contributed by atoms with E-state index in [2.05, 4.69) is 4.98 Å². The van der Waals surface area contributed by atoms with Crippen LogP contribution in [0, 0.1) is 11.3 Å². The molecule has 0 saturated heterocycles.